The predicted octanol–water partition coefficient (Wildman–Crippen LogP) is 3.13. The van der Waals surface area contributed by atoms with Crippen molar-refractivity contribution in [2.75, 3.05) is 7.11 Å². The monoisotopic (exact) mass is 247 g/mol. The summed E-state index contributed by atoms with van der Waals surface area (Å²) in [5.74, 6) is -0.586. The van der Waals surface area contributed by atoms with Crippen molar-refractivity contribution >= 4 is 29.2 Å². The minimum absolute atomic E-state index is 0.158. The zero-order valence-corrected chi connectivity index (χ0v) is 9.25. The Labute approximate surface area is 96.1 Å². The van der Waals surface area contributed by atoms with Crippen LogP contribution in [0.1, 0.15) is 21.4 Å². The van der Waals surface area contributed by atoms with E-state index < -0.39 is 11.5 Å². The molecule has 0 aliphatic carbocycles. The predicted molar refractivity (Wildman–Crippen MR) is 57.2 cm³/mol. The van der Waals surface area contributed by atoms with Gasteiger partial charge >= 0.3 is 5.97 Å². The number of methoxy groups -OCH3 is 1. The van der Waals surface area contributed by atoms with Crippen LogP contribution >= 0.6 is 23.2 Å². The van der Waals surface area contributed by atoms with E-state index in [1.165, 1.54) is 25.3 Å². The number of carbonyl (C=O) groups is 1. The molecule has 0 aromatic heterocycles. The van der Waals surface area contributed by atoms with Gasteiger partial charge in [0, 0.05) is 0 Å². The lowest BCUT2D eigenvalue weighted by molar-refractivity contribution is 0.0601. The quantitative estimate of drug-likeness (QED) is 0.357. The topological polar surface area (TPSA) is 55.7 Å². The van der Waals surface area contributed by atoms with Gasteiger partial charge in [-0.05, 0) is 22.9 Å². The zero-order chi connectivity index (χ0) is 11.4. The van der Waals surface area contributed by atoms with Gasteiger partial charge in [0.1, 0.15) is 0 Å². The number of halogens is 2. The Balaban J connectivity index is 3.16. The molecule has 0 radical (unpaired) electrons. The normalized spacial score (nSPS) is 11.9. The van der Waals surface area contributed by atoms with Crippen molar-refractivity contribution in [3.63, 3.8) is 0 Å². The molecule has 6 heteroatoms. The highest BCUT2D eigenvalue weighted by Gasteiger charge is 2.15. The fourth-order valence-corrected chi connectivity index (χ4v) is 1.35. The molecule has 1 atom stereocenters. The summed E-state index contributed by atoms with van der Waals surface area (Å²) < 4.78 is 4.51. The van der Waals surface area contributed by atoms with Gasteiger partial charge in [0.05, 0.1) is 17.7 Å². The standard InChI is InChI=1S/C9H7Cl2NO3/c1-15-9(13)6-4-5(8(11)12-14)2-3-7(6)10/h2-4,8H,1H3. The van der Waals surface area contributed by atoms with Crippen molar-refractivity contribution in [3.8, 4) is 0 Å². The summed E-state index contributed by atoms with van der Waals surface area (Å²) in [7, 11) is 1.24. The maximum atomic E-state index is 11.2. The summed E-state index contributed by atoms with van der Waals surface area (Å²) in [5.41, 5.74) is -0.479. The van der Waals surface area contributed by atoms with Crippen LogP contribution in [-0.4, -0.2) is 13.1 Å². The second-order valence-electron chi connectivity index (χ2n) is 2.67. The van der Waals surface area contributed by atoms with Gasteiger partial charge in [-0.3, -0.25) is 0 Å². The van der Waals surface area contributed by atoms with Crippen LogP contribution in [0, 0.1) is 4.91 Å². The molecule has 0 saturated carbocycles. The molecular weight excluding hydrogens is 241 g/mol. The molecule has 0 fully saturated rings. The van der Waals surface area contributed by atoms with Gasteiger partial charge in [-0.15, -0.1) is 4.91 Å². The molecule has 4 nitrogen and oxygen atoms in total. The van der Waals surface area contributed by atoms with Crippen molar-refractivity contribution in [3.05, 3.63) is 39.3 Å². The third kappa shape index (κ3) is 2.67. The van der Waals surface area contributed by atoms with Gasteiger partial charge in [-0.1, -0.05) is 29.3 Å². The maximum absolute atomic E-state index is 11.2. The molecule has 80 valence electrons. The van der Waals surface area contributed by atoms with Gasteiger partial charge in [0.2, 0.25) is 0 Å². The molecule has 1 rings (SSSR count). The van der Waals surface area contributed by atoms with Crippen LogP contribution in [0.15, 0.2) is 23.4 Å². The molecule has 1 unspecified atom stereocenters. The lowest BCUT2D eigenvalue weighted by atomic mass is 10.1. The first-order valence-electron chi connectivity index (χ1n) is 3.94. The number of benzene rings is 1. The van der Waals surface area contributed by atoms with Crippen LogP contribution in [0.2, 0.25) is 5.02 Å². The van der Waals surface area contributed by atoms with Gasteiger partial charge in [-0.25, -0.2) is 4.79 Å². The van der Waals surface area contributed by atoms with E-state index in [1.807, 2.05) is 0 Å². The van der Waals surface area contributed by atoms with Gasteiger partial charge in [0.15, 0.2) is 5.50 Å². The Morgan fingerprint density at radius 2 is 2.20 bits per heavy atom. The van der Waals surface area contributed by atoms with Crippen molar-refractivity contribution in [1.29, 1.82) is 0 Å². The number of nitrogens with zero attached hydrogens (tertiary/aromatic N) is 1. The van der Waals surface area contributed by atoms with Crippen LogP contribution in [0.25, 0.3) is 0 Å². The molecule has 0 aliphatic rings. The lowest BCUT2D eigenvalue weighted by Gasteiger charge is -2.05. The highest BCUT2D eigenvalue weighted by molar-refractivity contribution is 6.33. The molecule has 1 aromatic rings. The van der Waals surface area contributed by atoms with E-state index in [0.717, 1.165) is 0 Å². The van der Waals surface area contributed by atoms with Gasteiger partial charge in [0.25, 0.3) is 0 Å². The summed E-state index contributed by atoms with van der Waals surface area (Å²) >= 11 is 11.4. The van der Waals surface area contributed by atoms with Crippen LogP contribution in [-0.2, 0) is 4.74 Å². The third-order valence-corrected chi connectivity index (χ3v) is 2.42. The number of alkyl halides is 1. The van der Waals surface area contributed by atoms with Crippen LogP contribution in [0.4, 0.5) is 0 Å². The number of ether oxygens (including phenoxy) is 1. The van der Waals surface area contributed by atoms with Crippen LogP contribution in [0.3, 0.4) is 0 Å². The lowest BCUT2D eigenvalue weighted by Crippen LogP contribution is -2.03. The number of nitroso groups, excluding NO2 is 1. The first-order valence-corrected chi connectivity index (χ1v) is 4.76. The molecule has 1 aromatic carbocycles. The fraction of sp³-hybridized carbons (Fsp3) is 0.222. The Hall–Kier alpha value is -1.13. The third-order valence-electron chi connectivity index (χ3n) is 1.76. The van der Waals surface area contributed by atoms with E-state index in [2.05, 4.69) is 9.91 Å². The molecule has 15 heavy (non-hydrogen) atoms. The second-order valence-corrected chi connectivity index (χ2v) is 3.49. The highest BCUT2D eigenvalue weighted by Crippen LogP contribution is 2.26. The van der Waals surface area contributed by atoms with E-state index >= 15 is 0 Å². The SMILES string of the molecule is COC(=O)c1cc(C(Cl)N=O)ccc1Cl. The van der Waals surface area contributed by atoms with Crippen LogP contribution in [0.5, 0.6) is 0 Å². The molecule has 0 N–H and O–H groups in total. The second kappa shape index (κ2) is 5.09. The zero-order valence-electron chi connectivity index (χ0n) is 7.74. The molecule has 0 saturated heterocycles. The van der Waals surface area contributed by atoms with E-state index in [9.17, 15) is 9.70 Å². The number of carbonyl (C=O) groups excluding carboxylic acids is 1. The summed E-state index contributed by atoms with van der Waals surface area (Å²) in [4.78, 5) is 21.4. The number of hydrogen-bond donors (Lipinski definition) is 0. The van der Waals surface area contributed by atoms with E-state index in [-0.39, 0.29) is 10.6 Å². The average molecular weight is 248 g/mol. The minimum Gasteiger partial charge on any atom is -0.465 e. The van der Waals surface area contributed by atoms with Crippen molar-refractivity contribution in [2.45, 2.75) is 5.50 Å². The highest BCUT2D eigenvalue weighted by atomic mass is 35.5. The Morgan fingerprint density at radius 1 is 1.53 bits per heavy atom. The van der Waals surface area contributed by atoms with Crippen molar-refractivity contribution in [1.82, 2.24) is 0 Å². The molecule has 0 bridgehead atoms. The minimum atomic E-state index is -1.04. The number of hydrogen-bond acceptors (Lipinski definition) is 4. The van der Waals surface area contributed by atoms with E-state index in [4.69, 9.17) is 23.2 Å². The Kier molecular flexibility index (Phi) is 4.05. The first-order chi connectivity index (χ1) is 7.10. The Bertz CT molecular complexity index is 395. The van der Waals surface area contributed by atoms with Gasteiger partial charge < -0.3 is 4.74 Å². The van der Waals surface area contributed by atoms with Gasteiger partial charge in [-0.2, -0.15) is 0 Å². The molecule has 0 spiro atoms. The van der Waals surface area contributed by atoms with E-state index in [0.29, 0.717) is 5.56 Å². The summed E-state index contributed by atoms with van der Waals surface area (Å²) in [6, 6.07) is 4.37. The molecule has 0 aliphatic heterocycles. The summed E-state index contributed by atoms with van der Waals surface area (Å²) in [6.45, 7) is 0. The molecular formula is C9H7Cl2NO3. The van der Waals surface area contributed by atoms with Crippen molar-refractivity contribution in [2.24, 2.45) is 5.18 Å². The number of esters is 1. The smallest absolute Gasteiger partial charge is 0.339 e. The molecule has 0 amide bonds. The van der Waals surface area contributed by atoms with Crippen LogP contribution < -0.4 is 0 Å². The fourth-order valence-electron chi connectivity index (χ4n) is 1.02. The Morgan fingerprint density at radius 3 is 2.73 bits per heavy atom. The first kappa shape index (κ1) is 11.9. The summed E-state index contributed by atoms with van der Waals surface area (Å²) in [5, 5.41) is 2.87. The largest absolute Gasteiger partial charge is 0.465 e. The van der Waals surface area contributed by atoms with E-state index in [1.54, 1.807) is 0 Å². The van der Waals surface area contributed by atoms with Crippen molar-refractivity contribution < 1.29 is 9.53 Å². The summed E-state index contributed by atoms with van der Waals surface area (Å²) in [6.07, 6.45) is 0. The number of rotatable bonds is 3. The average Bonchev–Trinajstić information content (AvgIpc) is 2.27. The maximum Gasteiger partial charge on any atom is 0.339 e. The molecule has 0 heterocycles.